The van der Waals surface area contributed by atoms with E-state index in [-0.39, 0.29) is 11.6 Å². The molecular weight excluding hydrogens is 350 g/mol. The summed E-state index contributed by atoms with van der Waals surface area (Å²) in [5.74, 6) is 0.813. The lowest BCUT2D eigenvalue weighted by molar-refractivity contribution is 0.139. The number of nitrogens with one attached hydrogen (secondary N) is 1. The molecule has 2 aromatic carbocycles. The van der Waals surface area contributed by atoms with Crippen LogP contribution in [-0.2, 0) is 19.5 Å². The van der Waals surface area contributed by atoms with Gasteiger partial charge in [0.1, 0.15) is 11.2 Å². The van der Waals surface area contributed by atoms with Crippen molar-refractivity contribution in [2.24, 2.45) is 0 Å². The van der Waals surface area contributed by atoms with E-state index in [0.717, 1.165) is 25.3 Å². The molecule has 1 aliphatic heterocycles. The third-order valence-electron chi connectivity index (χ3n) is 5.45. The smallest absolute Gasteiger partial charge is 0.264 e. The predicted octanol–water partition coefficient (Wildman–Crippen LogP) is 2.92. The molecule has 6 heteroatoms. The van der Waals surface area contributed by atoms with Gasteiger partial charge in [-0.1, -0.05) is 60.7 Å². The molecule has 0 saturated carbocycles. The summed E-state index contributed by atoms with van der Waals surface area (Å²) in [6, 6.07) is 20.9. The van der Waals surface area contributed by atoms with Crippen LogP contribution in [0.3, 0.4) is 0 Å². The Labute approximate surface area is 162 Å². The Kier molecular flexibility index (Phi) is 4.25. The second-order valence-electron chi connectivity index (χ2n) is 7.22. The molecule has 0 spiro atoms. The third kappa shape index (κ3) is 3.01. The normalized spacial score (nSPS) is 16.9. The molecule has 0 fully saturated rings. The van der Waals surface area contributed by atoms with Crippen LogP contribution in [0.15, 0.2) is 71.7 Å². The average Bonchev–Trinajstić information content (AvgIpc) is 3.21. The minimum absolute atomic E-state index is 0.00817. The van der Waals surface area contributed by atoms with E-state index in [0.29, 0.717) is 17.6 Å². The van der Waals surface area contributed by atoms with Gasteiger partial charge >= 0.3 is 0 Å². The molecule has 0 radical (unpaired) electrons. The molecule has 28 heavy (non-hydrogen) atoms. The van der Waals surface area contributed by atoms with Crippen molar-refractivity contribution in [1.29, 1.82) is 0 Å². The van der Waals surface area contributed by atoms with Gasteiger partial charge in [-0.3, -0.25) is 19.4 Å². The number of rotatable bonds is 4. The van der Waals surface area contributed by atoms with Gasteiger partial charge in [0.15, 0.2) is 5.65 Å². The zero-order chi connectivity index (χ0) is 18.9. The van der Waals surface area contributed by atoms with Gasteiger partial charge in [0, 0.05) is 19.6 Å². The van der Waals surface area contributed by atoms with E-state index in [2.05, 4.69) is 63.6 Å². The lowest BCUT2D eigenvalue weighted by atomic mass is 10.0. The summed E-state index contributed by atoms with van der Waals surface area (Å²) in [5.41, 5.74) is 3.05. The SMILES string of the molecule is O=c1c2cn[nH]c2nc2n1CCN(Cc1ccccc1)C2Cc1ccccc1. The fraction of sp³-hybridized carbons (Fsp3) is 0.227. The molecule has 3 heterocycles. The number of fused-ring (bicyclic) bond motifs is 2. The van der Waals surface area contributed by atoms with Crippen molar-refractivity contribution in [3.63, 3.8) is 0 Å². The molecule has 0 amide bonds. The zero-order valence-electron chi connectivity index (χ0n) is 15.5. The molecule has 0 bridgehead atoms. The summed E-state index contributed by atoms with van der Waals surface area (Å²) in [6.45, 7) is 2.28. The van der Waals surface area contributed by atoms with E-state index in [1.807, 2.05) is 16.7 Å². The van der Waals surface area contributed by atoms with Crippen LogP contribution in [0, 0.1) is 0 Å². The van der Waals surface area contributed by atoms with Crippen LogP contribution in [-0.4, -0.2) is 31.2 Å². The van der Waals surface area contributed by atoms with E-state index >= 15 is 0 Å². The predicted molar refractivity (Wildman–Crippen MR) is 108 cm³/mol. The highest BCUT2D eigenvalue weighted by atomic mass is 16.1. The topological polar surface area (TPSA) is 66.8 Å². The fourth-order valence-corrected chi connectivity index (χ4v) is 4.03. The number of hydrogen-bond acceptors (Lipinski definition) is 4. The average molecular weight is 371 g/mol. The lowest BCUT2D eigenvalue weighted by Crippen LogP contribution is -2.43. The molecule has 6 nitrogen and oxygen atoms in total. The molecule has 0 saturated heterocycles. The zero-order valence-corrected chi connectivity index (χ0v) is 15.5. The first kappa shape index (κ1) is 16.9. The van der Waals surface area contributed by atoms with Crippen LogP contribution < -0.4 is 5.56 Å². The van der Waals surface area contributed by atoms with Gasteiger partial charge in [0.05, 0.1) is 12.2 Å². The summed E-state index contributed by atoms with van der Waals surface area (Å²) in [4.78, 5) is 20.2. The summed E-state index contributed by atoms with van der Waals surface area (Å²) in [6.07, 6.45) is 2.38. The molecule has 5 rings (SSSR count). The Morgan fingerprint density at radius 1 is 0.964 bits per heavy atom. The molecule has 1 atom stereocenters. The maximum Gasteiger partial charge on any atom is 0.264 e. The largest absolute Gasteiger partial charge is 0.293 e. The Morgan fingerprint density at radius 2 is 1.68 bits per heavy atom. The Hall–Kier alpha value is -3.25. The first-order valence-corrected chi connectivity index (χ1v) is 9.55. The third-order valence-corrected chi connectivity index (χ3v) is 5.45. The van der Waals surface area contributed by atoms with Gasteiger partial charge in [0.2, 0.25) is 0 Å². The standard InChI is InChI=1S/C22H21N5O/c28-22-18-14-23-25-20(18)24-21-19(13-16-7-3-1-4-8-16)26(11-12-27(21)22)15-17-9-5-2-6-10-17/h1-10,14,19H,11-13,15H2,(H,23,25). The van der Waals surface area contributed by atoms with Crippen LogP contribution in [0.2, 0.25) is 0 Å². The van der Waals surface area contributed by atoms with Crippen molar-refractivity contribution in [1.82, 2.24) is 24.6 Å². The quantitative estimate of drug-likeness (QED) is 0.599. The van der Waals surface area contributed by atoms with Gasteiger partial charge in [-0.25, -0.2) is 4.98 Å². The van der Waals surface area contributed by atoms with Crippen molar-refractivity contribution < 1.29 is 0 Å². The van der Waals surface area contributed by atoms with E-state index in [4.69, 9.17) is 4.98 Å². The molecule has 1 aliphatic rings. The molecule has 2 aromatic heterocycles. The monoisotopic (exact) mass is 371 g/mol. The van der Waals surface area contributed by atoms with Crippen LogP contribution >= 0.6 is 0 Å². The first-order chi connectivity index (χ1) is 13.8. The van der Waals surface area contributed by atoms with Crippen molar-refractivity contribution in [2.45, 2.75) is 25.6 Å². The van der Waals surface area contributed by atoms with Crippen molar-refractivity contribution >= 4 is 11.0 Å². The second kappa shape index (κ2) is 7.05. The number of aromatic amines is 1. The van der Waals surface area contributed by atoms with Gasteiger partial charge in [-0.2, -0.15) is 5.10 Å². The van der Waals surface area contributed by atoms with Gasteiger partial charge in [0.25, 0.3) is 5.56 Å². The minimum Gasteiger partial charge on any atom is -0.293 e. The summed E-state index contributed by atoms with van der Waals surface area (Å²) >= 11 is 0. The van der Waals surface area contributed by atoms with Gasteiger partial charge < -0.3 is 0 Å². The summed E-state index contributed by atoms with van der Waals surface area (Å²) in [7, 11) is 0. The van der Waals surface area contributed by atoms with E-state index in [1.165, 1.54) is 11.1 Å². The van der Waals surface area contributed by atoms with Gasteiger partial charge in [-0.15, -0.1) is 0 Å². The van der Waals surface area contributed by atoms with Crippen LogP contribution in [0.4, 0.5) is 0 Å². The van der Waals surface area contributed by atoms with Crippen molar-refractivity contribution in [3.8, 4) is 0 Å². The van der Waals surface area contributed by atoms with Crippen LogP contribution in [0.25, 0.3) is 11.0 Å². The second-order valence-corrected chi connectivity index (χ2v) is 7.22. The molecule has 0 aliphatic carbocycles. The molecular formula is C22H21N5O. The number of benzene rings is 2. The maximum atomic E-state index is 12.9. The summed E-state index contributed by atoms with van der Waals surface area (Å²) < 4.78 is 1.83. The Morgan fingerprint density at radius 3 is 2.43 bits per heavy atom. The van der Waals surface area contributed by atoms with E-state index < -0.39 is 0 Å². The minimum atomic E-state index is -0.00817. The number of hydrogen-bond donors (Lipinski definition) is 1. The number of nitrogens with zero attached hydrogens (tertiary/aromatic N) is 4. The highest BCUT2D eigenvalue weighted by Gasteiger charge is 2.31. The van der Waals surface area contributed by atoms with E-state index in [1.54, 1.807) is 6.20 Å². The molecule has 1 unspecified atom stereocenters. The Bertz CT molecular complexity index is 1150. The van der Waals surface area contributed by atoms with Crippen LogP contribution in [0.5, 0.6) is 0 Å². The highest BCUT2D eigenvalue weighted by molar-refractivity contribution is 5.72. The summed E-state index contributed by atoms with van der Waals surface area (Å²) in [5, 5.41) is 7.44. The first-order valence-electron chi connectivity index (χ1n) is 9.55. The van der Waals surface area contributed by atoms with E-state index in [9.17, 15) is 4.79 Å². The highest BCUT2D eigenvalue weighted by Crippen LogP contribution is 2.29. The Balaban J connectivity index is 1.59. The molecule has 140 valence electrons. The molecule has 1 N–H and O–H groups in total. The number of H-pyrrole nitrogens is 1. The van der Waals surface area contributed by atoms with Crippen molar-refractivity contribution in [3.05, 3.63) is 94.2 Å². The van der Waals surface area contributed by atoms with Crippen LogP contribution in [0.1, 0.15) is 23.0 Å². The fourth-order valence-electron chi connectivity index (χ4n) is 4.03. The number of aromatic nitrogens is 4. The lowest BCUT2D eigenvalue weighted by Gasteiger charge is -2.37. The van der Waals surface area contributed by atoms with Crippen molar-refractivity contribution in [2.75, 3.05) is 6.54 Å². The molecule has 4 aromatic rings. The maximum absolute atomic E-state index is 12.9. The van der Waals surface area contributed by atoms with Gasteiger partial charge in [-0.05, 0) is 17.5 Å².